The second-order valence-electron chi connectivity index (χ2n) is 6.10. The van der Waals surface area contributed by atoms with E-state index in [0.29, 0.717) is 11.8 Å². The van der Waals surface area contributed by atoms with E-state index in [2.05, 4.69) is 27.7 Å². The Balaban J connectivity index is 3.28. The van der Waals surface area contributed by atoms with Crippen molar-refractivity contribution in [2.24, 2.45) is 11.8 Å². The van der Waals surface area contributed by atoms with Crippen LogP contribution in [0.25, 0.3) is 5.57 Å². The predicted octanol–water partition coefficient (Wildman–Crippen LogP) is 5.12. The fraction of sp³-hybridized carbons (Fsp3) is 0.500. The van der Waals surface area contributed by atoms with Crippen molar-refractivity contribution in [1.29, 1.82) is 0 Å². The van der Waals surface area contributed by atoms with Gasteiger partial charge in [-0.15, -0.1) is 0 Å². The number of ketones is 1. The first kappa shape index (κ1) is 15.7. The number of hydrogen-bond donors (Lipinski definition) is 0. The summed E-state index contributed by atoms with van der Waals surface area (Å²) < 4.78 is 0. The molecule has 0 aromatic heterocycles. The summed E-state index contributed by atoms with van der Waals surface area (Å²) in [6, 6.07) is 10.1. The third kappa shape index (κ3) is 5.02. The molecule has 0 spiro atoms. The minimum absolute atomic E-state index is 0.183. The van der Waals surface area contributed by atoms with Crippen LogP contribution in [0, 0.1) is 11.8 Å². The summed E-state index contributed by atoms with van der Waals surface area (Å²) in [7, 11) is 0. The predicted molar refractivity (Wildman–Crippen MR) is 83.0 cm³/mol. The van der Waals surface area contributed by atoms with Gasteiger partial charge in [-0.25, -0.2) is 0 Å². The molecule has 19 heavy (non-hydrogen) atoms. The first-order valence-corrected chi connectivity index (χ1v) is 7.20. The zero-order valence-corrected chi connectivity index (χ0v) is 12.9. The van der Waals surface area contributed by atoms with Gasteiger partial charge in [0.15, 0.2) is 5.78 Å². The molecule has 104 valence electrons. The second kappa shape index (κ2) is 7.28. The quantitative estimate of drug-likeness (QED) is 0.647. The average molecular weight is 258 g/mol. The van der Waals surface area contributed by atoms with Crippen molar-refractivity contribution < 1.29 is 4.79 Å². The highest BCUT2D eigenvalue weighted by molar-refractivity contribution is 6.20. The molecule has 0 fully saturated rings. The smallest absolute Gasteiger partial charge is 0.160 e. The molecule has 0 aliphatic carbocycles. The van der Waals surface area contributed by atoms with Gasteiger partial charge >= 0.3 is 0 Å². The number of Topliss-reactive ketones (excluding diaryl/α,β-unsaturated/α-hetero) is 1. The first-order valence-electron chi connectivity index (χ1n) is 7.20. The minimum atomic E-state index is 0.183. The number of benzene rings is 1. The Kier molecular flexibility index (Phi) is 6.01. The monoisotopic (exact) mass is 258 g/mol. The Morgan fingerprint density at radius 3 is 1.79 bits per heavy atom. The highest BCUT2D eigenvalue weighted by Crippen LogP contribution is 2.29. The van der Waals surface area contributed by atoms with Gasteiger partial charge in [0.05, 0.1) is 0 Å². The van der Waals surface area contributed by atoms with E-state index in [1.807, 2.05) is 30.3 Å². The molecule has 0 saturated carbocycles. The highest BCUT2D eigenvalue weighted by atomic mass is 16.1. The molecule has 0 heterocycles. The van der Waals surface area contributed by atoms with Crippen LogP contribution in [0.3, 0.4) is 0 Å². The summed E-state index contributed by atoms with van der Waals surface area (Å²) in [6.45, 7) is 10.5. The van der Waals surface area contributed by atoms with Gasteiger partial charge in [-0.1, -0.05) is 63.6 Å². The van der Waals surface area contributed by atoms with Crippen LogP contribution in [0.2, 0.25) is 0 Å². The number of hydrogen-bond acceptors (Lipinski definition) is 1. The van der Waals surface area contributed by atoms with Gasteiger partial charge in [-0.2, -0.15) is 0 Å². The molecule has 0 aliphatic rings. The van der Waals surface area contributed by atoms with Crippen molar-refractivity contribution in [3.05, 3.63) is 41.5 Å². The normalized spacial score (nSPS) is 10.9. The molecule has 0 bridgehead atoms. The Morgan fingerprint density at radius 1 is 0.947 bits per heavy atom. The van der Waals surface area contributed by atoms with Gasteiger partial charge in [0.2, 0.25) is 0 Å². The van der Waals surface area contributed by atoms with E-state index in [4.69, 9.17) is 0 Å². The molecule has 0 radical (unpaired) electrons. The highest BCUT2D eigenvalue weighted by Gasteiger charge is 2.16. The fourth-order valence-corrected chi connectivity index (χ4v) is 2.53. The third-order valence-corrected chi connectivity index (χ3v) is 3.08. The summed E-state index contributed by atoms with van der Waals surface area (Å²) in [6.07, 6.45) is 2.00. The lowest BCUT2D eigenvalue weighted by Crippen LogP contribution is -2.06. The molecule has 1 nitrogen and oxygen atoms in total. The van der Waals surface area contributed by atoms with Gasteiger partial charge in [-0.05, 0) is 37.2 Å². The Morgan fingerprint density at radius 2 is 1.42 bits per heavy atom. The van der Waals surface area contributed by atoms with Crippen LogP contribution in [0.1, 0.15) is 53.0 Å². The molecule has 1 aromatic rings. The number of allylic oxidation sites excluding steroid dienone is 2. The summed E-state index contributed by atoms with van der Waals surface area (Å²) in [4.78, 5) is 12.1. The van der Waals surface area contributed by atoms with Crippen molar-refractivity contribution in [2.45, 2.75) is 47.5 Å². The molecule has 0 amide bonds. The fourth-order valence-electron chi connectivity index (χ4n) is 2.53. The topological polar surface area (TPSA) is 17.1 Å². The number of carbonyl (C=O) groups is 1. The molecule has 0 saturated heterocycles. The van der Waals surface area contributed by atoms with Gasteiger partial charge in [0.1, 0.15) is 0 Å². The van der Waals surface area contributed by atoms with E-state index >= 15 is 0 Å². The van der Waals surface area contributed by atoms with E-state index in [-0.39, 0.29) is 5.78 Å². The average Bonchev–Trinajstić information content (AvgIpc) is 2.28. The van der Waals surface area contributed by atoms with Crippen LogP contribution >= 0.6 is 0 Å². The maximum Gasteiger partial charge on any atom is 0.160 e. The zero-order valence-electron chi connectivity index (χ0n) is 12.9. The molecule has 0 atom stereocenters. The van der Waals surface area contributed by atoms with E-state index in [1.165, 1.54) is 5.57 Å². The van der Waals surface area contributed by atoms with Crippen molar-refractivity contribution in [3.8, 4) is 0 Å². The van der Waals surface area contributed by atoms with Crippen molar-refractivity contribution >= 4 is 11.4 Å². The van der Waals surface area contributed by atoms with Gasteiger partial charge < -0.3 is 0 Å². The molecule has 0 aliphatic heterocycles. The lowest BCUT2D eigenvalue weighted by molar-refractivity contribution is -0.111. The van der Waals surface area contributed by atoms with Crippen molar-refractivity contribution in [1.82, 2.24) is 0 Å². The zero-order chi connectivity index (χ0) is 14.4. The van der Waals surface area contributed by atoms with Crippen LogP contribution in [-0.2, 0) is 4.79 Å². The lowest BCUT2D eigenvalue weighted by atomic mass is 9.87. The number of rotatable bonds is 6. The summed E-state index contributed by atoms with van der Waals surface area (Å²) in [5, 5.41) is 0. The van der Waals surface area contributed by atoms with Gasteiger partial charge in [-0.3, -0.25) is 4.79 Å². The van der Waals surface area contributed by atoms with Crippen molar-refractivity contribution in [3.63, 3.8) is 0 Å². The van der Waals surface area contributed by atoms with Crippen LogP contribution < -0.4 is 0 Å². The van der Waals surface area contributed by atoms with Gasteiger partial charge in [0, 0.05) is 5.57 Å². The maximum atomic E-state index is 12.1. The first-order chi connectivity index (χ1) is 8.91. The Labute approximate surface area is 117 Å². The number of carbonyl (C=O) groups excluding carboxylic acids is 1. The van der Waals surface area contributed by atoms with Crippen LogP contribution in [0.5, 0.6) is 0 Å². The molecule has 1 heteroatoms. The molecule has 1 rings (SSSR count). The third-order valence-electron chi connectivity index (χ3n) is 3.08. The molecule has 0 unspecified atom stereocenters. The maximum absolute atomic E-state index is 12.1. The Bertz CT molecular complexity index is 426. The second-order valence-corrected chi connectivity index (χ2v) is 6.10. The SMILES string of the molecule is CC(=O)C(=C(CC(C)C)CC(C)C)c1ccccc1. The molecule has 1 aromatic carbocycles. The Hall–Kier alpha value is -1.37. The standard InChI is InChI=1S/C18H26O/c1-13(2)11-17(12-14(3)4)18(15(5)19)16-9-7-6-8-10-16/h6-10,13-14H,11-12H2,1-5H3. The van der Waals surface area contributed by atoms with E-state index in [0.717, 1.165) is 24.0 Å². The van der Waals surface area contributed by atoms with E-state index in [9.17, 15) is 4.79 Å². The summed E-state index contributed by atoms with van der Waals surface area (Å²) in [5.41, 5.74) is 3.30. The van der Waals surface area contributed by atoms with Crippen LogP contribution in [0.15, 0.2) is 35.9 Å². The molecule has 0 N–H and O–H groups in total. The summed E-state index contributed by atoms with van der Waals surface area (Å²) in [5.74, 6) is 1.33. The van der Waals surface area contributed by atoms with Crippen LogP contribution in [0.4, 0.5) is 0 Å². The van der Waals surface area contributed by atoms with Gasteiger partial charge in [0.25, 0.3) is 0 Å². The van der Waals surface area contributed by atoms with E-state index in [1.54, 1.807) is 6.92 Å². The largest absolute Gasteiger partial charge is 0.294 e. The molecular weight excluding hydrogens is 232 g/mol. The summed E-state index contributed by atoms with van der Waals surface area (Å²) >= 11 is 0. The van der Waals surface area contributed by atoms with Crippen LogP contribution in [-0.4, -0.2) is 5.78 Å². The molecular formula is C18H26O. The lowest BCUT2D eigenvalue weighted by Gasteiger charge is -2.18. The van der Waals surface area contributed by atoms with Crippen molar-refractivity contribution in [2.75, 3.05) is 0 Å². The minimum Gasteiger partial charge on any atom is -0.294 e. The van der Waals surface area contributed by atoms with E-state index < -0.39 is 0 Å².